The maximum absolute atomic E-state index is 5.67. The molecule has 1 unspecified atom stereocenters. The molecule has 0 fully saturated rings. The van der Waals surface area contributed by atoms with Gasteiger partial charge in [0.2, 0.25) is 5.82 Å². The highest BCUT2D eigenvalue weighted by Gasteiger charge is 2.26. The summed E-state index contributed by atoms with van der Waals surface area (Å²) in [6, 6.07) is 7.45. The maximum atomic E-state index is 5.67. The number of fused-ring (bicyclic) bond motifs is 1. The van der Waals surface area contributed by atoms with Gasteiger partial charge < -0.3 is 19.7 Å². The third kappa shape index (κ3) is 1.44. The fourth-order valence-corrected chi connectivity index (χ4v) is 1.52. The second-order valence-electron chi connectivity index (χ2n) is 3.36. The molecule has 6 nitrogen and oxygen atoms in total. The quantitative estimate of drug-likeness (QED) is 0.774. The van der Waals surface area contributed by atoms with Crippen LogP contribution < -0.4 is 15.2 Å². The molecule has 2 N–H and O–H groups in total. The van der Waals surface area contributed by atoms with E-state index in [0.717, 1.165) is 5.75 Å². The van der Waals surface area contributed by atoms with E-state index >= 15 is 0 Å². The lowest BCUT2D eigenvalue weighted by molar-refractivity contribution is 0.0832. The zero-order chi connectivity index (χ0) is 11.0. The van der Waals surface area contributed by atoms with Crippen LogP contribution in [-0.2, 0) is 0 Å². The Balaban J connectivity index is 1.88. The molecule has 82 valence electrons. The van der Waals surface area contributed by atoms with Crippen molar-refractivity contribution in [3.05, 3.63) is 30.1 Å². The number of rotatable bonds is 1. The van der Waals surface area contributed by atoms with Gasteiger partial charge >= 0.3 is 6.01 Å². The van der Waals surface area contributed by atoms with Crippen molar-refractivity contribution in [3.63, 3.8) is 0 Å². The zero-order valence-electron chi connectivity index (χ0n) is 8.29. The molecule has 0 bridgehead atoms. The van der Waals surface area contributed by atoms with E-state index in [9.17, 15) is 0 Å². The predicted molar refractivity (Wildman–Crippen MR) is 54.0 cm³/mol. The maximum Gasteiger partial charge on any atom is 0.319 e. The summed E-state index contributed by atoms with van der Waals surface area (Å²) in [4.78, 5) is 3.90. The summed E-state index contributed by atoms with van der Waals surface area (Å²) in [5, 5.41) is 3.70. The number of nitrogens with two attached hydrogens (primary N) is 1. The standard InChI is InChI=1S/C10H9N3O3/c11-10-12-9(13-16-10)8-5-14-6-3-1-2-4-7(6)15-8/h1-4,8H,5H2,(H2,11,12,13). The lowest BCUT2D eigenvalue weighted by Gasteiger charge is -2.23. The van der Waals surface area contributed by atoms with Crippen LogP contribution >= 0.6 is 0 Å². The molecule has 1 aliphatic heterocycles. The van der Waals surface area contributed by atoms with E-state index < -0.39 is 0 Å². The minimum Gasteiger partial charge on any atom is -0.485 e. The summed E-state index contributed by atoms with van der Waals surface area (Å²) >= 11 is 0. The van der Waals surface area contributed by atoms with E-state index in [4.69, 9.17) is 15.2 Å². The normalized spacial score (nSPS) is 18.4. The number of hydrogen-bond acceptors (Lipinski definition) is 6. The van der Waals surface area contributed by atoms with Crippen LogP contribution in [0.15, 0.2) is 28.8 Å². The zero-order valence-corrected chi connectivity index (χ0v) is 8.29. The van der Waals surface area contributed by atoms with Crippen molar-refractivity contribution in [2.75, 3.05) is 12.3 Å². The molecular formula is C10H9N3O3. The molecule has 2 heterocycles. The van der Waals surface area contributed by atoms with Gasteiger partial charge in [-0.05, 0) is 12.1 Å². The first-order valence-corrected chi connectivity index (χ1v) is 4.80. The predicted octanol–water partition coefficient (Wildman–Crippen LogP) is 1.16. The molecule has 1 aromatic heterocycles. The van der Waals surface area contributed by atoms with Crippen molar-refractivity contribution < 1.29 is 14.0 Å². The minimum atomic E-state index is -0.379. The van der Waals surface area contributed by atoms with E-state index in [2.05, 4.69) is 14.7 Å². The Kier molecular flexibility index (Phi) is 1.92. The van der Waals surface area contributed by atoms with Crippen LogP contribution in [0, 0.1) is 0 Å². The van der Waals surface area contributed by atoms with Crippen molar-refractivity contribution in [1.82, 2.24) is 10.1 Å². The number of aromatic nitrogens is 2. The molecule has 0 amide bonds. The van der Waals surface area contributed by atoms with Gasteiger partial charge in [-0.2, -0.15) is 4.98 Å². The van der Waals surface area contributed by atoms with Gasteiger partial charge in [-0.3, -0.25) is 0 Å². The Morgan fingerprint density at radius 3 is 2.81 bits per heavy atom. The van der Waals surface area contributed by atoms with Crippen LogP contribution in [0.25, 0.3) is 0 Å². The van der Waals surface area contributed by atoms with Gasteiger partial charge in [0, 0.05) is 0 Å². The highest BCUT2D eigenvalue weighted by Crippen LogP contribution is 2.35. The lowest BCUT2D eigenvalue weighted by Crippen LogP contribution is -2.22. The van der Waals surface area contributed by atoms with Crippen LogP contribution in [0.4, 0.5) is 6.01 Å². The third-order valence-corrected chi connectivity index (χ3v) is 2.25. The summed E-state index contributed by atoms with van der Waals surface area (Å²) in [6.45, 7) is 0.343. The van der Waals surface area contributed by atoms with Gasteiger partial charge in [-0.25, -0.2) is 0 Å². The fourth-order valence-electron chi connectivity index (χ4n) is 1.52. The average Bonchev–Trinajstić information content (AvgIpc) is 2.75. The number of hydrogen-bond donors (Lipinski definition) is 1. The van der Waals surface area contributed by atoms with E-state index in [1.54, 1.807) is 0 Å². The highest BCUT2D eigenvalue weighted by atomic mass is 16.6. The molecule has 2 aromatic rings. The van der Waals surface area contributed by atoms with Crippen LogP contribution in [0.1, 0.15) is 11.9 Å². The van der Waals surface area contributed by atoms with Crippen molar-refractivity contribution in [3.8, 4) is 11.5 Å². The van der Waals surface area contributed by atoms with E-state index in [0.29, 0.717) is 18.2 Å². The van der Waals surface area contributed by atoms with Crippen LogP contribution in [0.5, 0.6) is 11.5 Å². The lowest BCUT2D eigenvalue weighted by atomic mass is 10.2. The van der Waals surface area contributed by atoms with Gasteiger partial charge in [0.1, 0.15) is 6.61 Å². The summed E-state index contributed by atoms with van der Waals surface area (Å²) in [7, 11) is 0. The molecule has 1 aromatic carbocycles. The summed E-state index contributed by atoms with van der Waals surface area (Å²) in [5.41, 5.74) is 5.34. The van der Waals surface area contributed by atoms with Crippen LogP contribution in [0.2, 0.25) is 0 Å². The smallest absolute Gasteiger partial charge is 0.319 e. The molecule has 0 spiro atoms. The monoisotopic (exact) mass is 219 g/mol. The molecule has 1 aliphatic rings. The van der Waals surface area contributed by atoms with Crippen molar-refractivity contribution in [1.29, 1.82) is 0 Å². The first-order valence-electron chi connectivity index (χ1n) is 4.80. The number of benzene rings is 1. The SMILES string of the molecule is Nc1nc(C2COc3ccccc3O2)no1. The Bertz CT molecular complexity index is 512. The van der Waals surface area contributed by atoms with Gasteiger partial charge in [0.05, 0.1) is 0 Å². The molecular weight excluding hydrogens is 210 g/mol. The van der Waals surface area contributed by atoms with E-state index in [1.807, 2.05) is 24.3 Å². The fraction of sp³-hybridized carbons (Fsp3) is 0.200. The number of nitrogens with zero attached hydrogens (tertiary/aromatic N) is 2. The highest BCUT2D eigenvalue weighted by molar-refractivity contribution is 5.41. The largest absolute Gasteiger partial charge is 0.485 e. The van der Waals surface area contributed by atoms with Gasteiger partial charge in [0.25, 0.3) is 0 Å². The average molecular weight is 219 g/mol. The van der Waals surface area contributed by atoms with Gasteiger partial charge in [0.15, 0.2) is 17.6 Å². The second kappa shape index (κ2) is 3.41. The first kappa shape index (κ1) is 9.02. The van der Waals surface area contributed by atoms with Crippen molar-refractivity contribution in [2.45, 2.75) is 6.10 Å². The molecule has 0 radical (unpaired) electrons. The van der Waals surface area contributed by atoms with E-state index in [-0.39, 0.29) is 12.1 Å². The van der Waals surface area contributed by atoms with E-state index in [1.165, 1.54) is 0 Å². The Hall–Kier alpha value is -2.24. The molecule has 0 saturated heterocycles. The molecule has 1 atom stereocenters. The minimum absolute atomic E-state index is 0.0254. The second-order valence-corrected chi connectivity index (χ2v) is 3.36. The molecule has 16 heavy (non-hydrogen) atoms. The first-order chi connectivity index (χ1) is 7.83. The third-order valence-electron chi connectivity index (χ3n) is 2.25. The number of nitrogen functional groups attached to an aromatic ring is 1. The molecule has 6 heteroatoms. The Morgan fingerprint density at radius 2 is 2.06 bits per heavy atom. The molecule has 3 rings (SSSR count). The van der Waals surface area contributed by atoms with Gasteiger partial charge in [-0.1, -0.05) is 17.3 Å². The van der Waals surface area contributed by atoms with Gasteiger partial charge in [-0.15, -0.1) is 0 Å². The summed E-state index contributed by atoms with van der Waals surface area (Å²) < 4.78 is 15.9. The topological polar surface area (TPSA) is 83.4 Å². The van der Waals surface area contributed by atoms with Crippen LogP contribution in [0.3, 0.4) is 0 Å². The number of ether oxygens (including phenoxy) is 2. The molecule has 0 aliphatic carbocycles. The Morgan fingerprint density at radius 1 is 1.25 bits per heavy atom. The summed E-state index contributed by atoms with van der Waals surface area (Å²) in [6.07, 6.45) is -0.379. The van der Waals surface area contributed by atoms with Crippen LogP contribution in [-0.4, -0.2) is 16.7 Å². The summed E-state index contributed by atoms with van der Waals surface area (Å²) in [5.74, 6) is 1.78. The Labute approximate surface area is 91.0 Å². The van der Waals surface area contributed by atoms with Crippen molar-refractivity contribution >= 4 is 6.01 Å². The molecule has 0 saturated carbocycles. The number of para-hydroxylation sites is 2. The van der Waals surface area contributed by atoms with Crippen molar-refractivity contribution in [2.24, 2.45) is 0 Å². The number of anilines is 1.